The summed E-state index contributed by atoms with van der Waals surface area (Å²) in [5.41, 5.74) is 1.67. The van der Waals surface area contributed by atoms with Gasteiger partial charge in [0.1, 0.15) is 18.2 Å². The van der Waals surface area contributed by atoms with Crippen molar-refractivity contribution in [1.29, 1.82) is 0 Å². The van der Waals surface area contributed by atoms with Crippen LogP contribution >= 0.6 is 0 Å². The molecule has 3 amide bonds. The number of nitrogens with one attached hydrogen (secondary N) is 2. The van der Waals surface area contributed by atoms with Gasteiger partial charge in [-0.05, 0) is 70.0 Å². The van der Waals surface area contributed by atoms with E-state index in [1.165, 1.54) is 4.90 Å². The van der Waals surface area contributed by atoms with Gasteiger partial charge in [0.25, 0.3) is 5.91 Å². The predicted molar refractivity (Wildman–Crippen MR) is 143 cm³/mol. The normalized spacial score (nSPS) is 12.2. The number of hydrogen-bond donors (Lipinski definition) is 2. The average Bonchev–Trinajstić information content (AvgIpc) is 2.80. The molecule has 1 unspecified atom stereocenters. The van der Waals surface area contributed by atoms with Crippen LogP contribution in [-0.2, 0) is 14.3 Å². The maximum Gasteiger partial charge on any atom is 0.408 e. The first-order valence-electron chi connectivity index (χ1n) is 12.1. The van der Waals surface area contributed by atoms with Gasteiger partial charge >= 0.3 is 6.09 Å². The number of carbonyl (C=O) groups is 3. The van der Waals surface area contributed by atoms with Crippen LogP contribution in [0.15, 0.2) is 66.7 Å². The number of fused-ring (bicyclic) bond motifs is 1. The number of benzene rings is 3. The van der Waals surface area contributed by atoms with E-state index in [1.54, 1.807) is 20.8 Å². The third-order valence-electron chi connectivity index (χ3n) is 5.56. The molecule has 3 rings (SSSR count). The average molecular weight is 490 g/mol. The summed E-state index contributed by atoms with van der Waals surface area (Å²) >= 11 is 0. The molecule has 190 valence electrons. The van der Waals surface area contributed by atoms with Crippen molar-refractivity contribution in [2.75, 3.05) is 11.9 Å². The molecule has 3 aromatic rings. The van der Waals surface area contributed by atoms with E-state index in [9.17, 15) is 14.4 Å². The van der Waals surface area contributed by atoms with Crippen LogP contribution in [0.2, 0.25) is 0 Å². The van der Waals surface area contributed by atoms with E-state index >= 15 is 0 Å². The van der Waals surface area contributed by atoms with Crippen LogP contribution in [0.5, 0.6) is 0 Å². The maximum absolute atomic E-state index is 13.7. The number of hydrogen-bond acceptors (Lipinski definition) is 4. The van der Waals surface area contributed by atoms with Gasteiger partial charge < -0.3 is 20.3 Å². The van der Waals surface area contributed by atoms with Crippen LogP contribution in [0.1, 0.15) is 51.8 Å². The van der Waals surface area contributed by atoms with E-state index in [4.69, 9.17) is 4.74 Å². The Morgan fingerprint density at radius 2 is 1.56 bits per heavy atom. The number of alkyl carbamates (subject to hydrolysis) is 1. The van der Waals surface area contributed by atoms with Crippen molar-refractivity contribution >= 4 is 34.4 Å². The van der Waals surface area contributed by atoms with Gasteiger partial charge in [-0.2, -0.15) is 0 Å². The van der Waals surface area contributed by atoms with Crippen molar-refractivity contribution in [3.8, 4) is 0 Å². The zero-order valence-corrected chi connectivity index (χ0v) is 21.8. The first kappa shape index (κ1) is 26.7. The molecule has 0 aliphatic heterocycles. The Hall–Kier alpha value is -3.87. The summed E-state index contributed by atoms with van der Waals surface area (Å²) in [7, 11) is 0. The van der Waals surface area contributed by atoms with Crippen LogP contribution in [-0.4, -0.2) is 41.0 Å². The lowest BCUT2D eigenvalue weighted by Gasteiger charge is -2.35. The summed E-state index contributed by atoms with van der Waals surface area (Å²) in [5, 5.41) is 7.57. The topological polar surface area (TPSA) is 87.7 Å². The Bertz CT molecular complexity index is 1230. The third-order valence-corrected chi connectivity index (χ3v) is 5.56. The van der Waals surface area contributed by atoms with Crippen molar-refractivity contribution in [3.05, 3.63) is 77.9 Å². The molecular formula is C29H35N3O4. The van der Waals surface area contributed by atoms with Gasteiger partial charge in [-0.1, -0.05) is 60.2 Å². The summed E-state index contributed by atoms with van der Waals surface area (Å²) in [6.07, 6.45) is -0.688. The maximum atomic E-state index is 13.7. The van der Waals surface area contributed by atoms with Gasteiger partial charge in [0, 0.05) is 11.7 Å². The summed E-state index contributed by atoms with van der Waals surface area (Å²) in [6, 6.07) is 19.9. The molecule has 0 heterocycles. The van der Waals surface area contributed by atoms with Gasteiger partial charge in [0.05, 0.1) is 0 Å². The monoisotopic (exact) mass is 489 g/mol. The molecule has 0 fully saturated rings. The van der Waals surface area contributed by atoms with Gasteiger partial charge in [0.15, 0.2) is 0 Å². The van der Waals surface area contributed by atoms with Crippen molar-refractivity contribution < 1.29 is 19.1 Å². The van der Waals surface area contributed by atoms with Crippen molar-refractivity contribution in [3.63, 3.8) is 0 Å². The Kier molecular flexibility index (Phi) is 8.35. The molecule has 7 heteroatoms. The summed E-state index contributed by atoms with van der Waals surface area (Å²) < 4.78 is 5.25. The fraction of sp³-hybridized carbons (Fsp3) is 0.345. The lowest BCUT2D eigenvalue weighted by molar-refractivity contribution is -0.140. The van der Waals surface area contributed by atoms with Crippen LogP contribution in [0.4, 0.5) is 10.5 Å². The number of ether oxygens (including phenoxy) is 1. The second kappa shape index (κ2) is 11.2. The molecule has 2 N–H and O–H groups in total. The molecule has 0 saturated heterocycles. The fourth-order valence-electron chi connectivity index (χ4n) is 3.95. The largest absolute Gasteiger partial charge is 0.444 e. The first-order chi connectivity index (χ1) is 16.9. The SMILES string of the molecule is Cc1ccc(C(C(=O)Nc2ccc3ccccc3c2)N(C(=O)CNC(=O)OC(C)(C)C)C(C)C)cc1. The Labute approximate surface area is 212 Å². The molecule has 0 spiro atoms. The fourth-order valence-corrected chi connectivity index (χ4v) is 3.95. The van der Waals surface area contributed by atoms with Crippen molar-refractivity contribution in [2.45, 2.75) is 59.2 Å². The summed E-state index contributed by atoms with van der Waals surface area (Å²) in [4.78, 5) is 40.7. The second-order valence-electron chi connectivity index (χ2n) is 10.1. The number of nitrogens with zero attached hydrogens (tertiary/aromatic N) is 1. The van der Waals surface area contributed by atoms with E-state index in [0.717, 1.165) is 16.3 Å². The number of anilines is 1. The molecule has 0 radical (unpaired) electrons. The van der Waals surface area contributed by atoms with E-state index in [1.807, 2.05) is 87.5 Å². The molecule has 7 nitrogen and oxygen atoms in total. The highest BCUT2D eigenvalue weighted by atomic mass is 16.6. The van der Waals surface area contributed by atoms with Gasteiger partial charge in [-0.25, -0.2) is 4.79 Å². The summed E-state index contributed by atoms with van der Waals surface area (Å²) in [6.45, 7) is 10.6. The molecule has 0 aromatic heterocycles. The summed E-state index contributed by atoms with van der Waals surface area (Å²) in [5.74, 6) is -0.733. The van der Waals surface area contributed by atoms with Crippen LogP contribution in [0.25, 0.3) is 10.8 Å². The molecular weight excluding hydrogens is 454 g/mol. The van der Waals surface area contributed by atoms with E-state index < -0.39 is 23.6 Å². The lowest BCUT2D eigenvalue weighted by Crippen LogP contribution is -2.49. The highest BCUT2D eigenvalue weighted by Gasteiger charge is 2.33. The zero-order valence-electron chi connectivity index (χ0n) is 21.8. The van der Waals surface area contributed by atoms with Gasteiger partial charge in [-0.15, -0.1) is 0 Å². The highest BCUT2D eigenvalue weighted by molar-refractivity contribution is 6.00. The van der Waals surface area contributed by atoms with E-state index in [2.05, 4.69) is 10.6 Å². The highest BCUT2D eigenvalue weighted by Crippen LogP contribution is 2.27. The minimum absolute atomic E-state index is 0.293. The smallest absolute Gasteiger partial charge is 0.408 e. The molecule has 36 heavy (non-hydrogen) atoms. The number of amides is 3. The zero-order chi connectivity index (χ0) is 26.5. The predicted octanol–water partition coefficient (Wildman–Crippen LogP) is 5.59. The number of aryl methyl sites for hydroxylation is 1. The Morgan fingerprint density at radius 3 is 2.17 bits per heavy atom. The Morgan fingerprint density at radius 1 is 0.917 bits per heavy atom. The first-order valence-corrected chi connectivity index (χ1v) is 12.1. The minimum Gasteiger partial charge on any atom is -0.444 e. The molecule has 0 bridgehead atoms. The second-order valence-corrected chi connectivity index (χ2v) is 10.1. The number of rotatable bonds is 7. The molecule has 0 aliphatic carbocycles. The van der Waals surface area contributed by atoms with Crippen molar-refractivity contribution in [2.24, 2.45) is 0 Å². The third kappa shape index (κ3) is 7.07. The van der Waals surface area contributed by atoms with Crippen LogP contribution in [0, 0.1) is 6.92 Å². The van der Waals surface area contributed by atoms with Crippen LogP contribution in [0.3, 0.4) is 0 Å². The molecule has 3 aromatic carbocycles. The quantitative estimate of drug-likeness (QED) is 0.453. The minimum atomic E-state index is -0.898. The molecule has 0 saturated carbocycles. The van der Waals surface area contributed by atoms with E-state index in [-0.39, 0.29) is 18.5 Å². The Balaban J connectivity index is 1.89. The van der Waals surface area contributed by atoms with Crippen molar-refractivity contribution in [1.82, 2.24) is 10.2 Å². The van der Waals surface area contributed by atoms with Gasteiger partial charge in [-0.3, -0.25) is 9.59 Å². The van der Waals surface area contributed by atoms with E-state index in [0.29, 0.717) is 11.3 Å². The standard InChI is InChI=1S/C29H35N3O4/c1-19(2)32(25(33)18-30-28(35)36-29(4,5)6)26(22-13-11-20(3)12-14-22)27(34)31-24-16-15-21-9-7-8-10-23(21)17-24/h7-17,19,26H,18H2,1-6H3,(H,30,35)(H,31,34). The lowest BCUT2D eigenvalue weighted by atomic mass is 10.0. The molecule has 0 aliphatic rings. The van der Waals surface area contributed by atoms with Crippen LogP contribution < -0.4 is 10.6 Å². The van der Waals surface area contributed by atoms with Gasteiger partial charge in [0.2, 0.25) is 5.91 Å². The molecule has 1 atom stereocenters. The number of carbonyl (C=O) groups excluding carboxylic acids is 3.